The van der Waals surface area contributed by atoms with Crippen LogP contribution in [0.1, 0.15) is 46.5 Å². The molecule has 1 N–H and O–H groups in total. The molecule has 32 heavy (non-hydrogen) atoms. The van der Waals surface area contributed by atoms with E-state index in [1.807, 2.05) is 0 Å². The highest BCUT2D eigenvalue weighted by molar-refractivity contribution is 7.89. The van der Waals surface area contributed by atoms with Gasteiger partial charge in [-0.1, -0.05) is 0 Å². The second-order valence-corrected chi connectivity index (χ2v) is 11.1. The summed E-state index contributed by atoms with van der Waals surface area (Å²) in [5, 5.41) is 3.36. The Morgan fingerprint density at radius 3 is 2.59 bits per heavy atom. The summed E-state index contributed by atoms with van der Waals surface area (Å²) in [6.07, 6.45) is 4.75. The molecule has 4 rings (SSSR count). The molecule has 0 unspecified atom stereocenters. The number of thiophene rings is 1. The minimum Gasteiger partial charge on any atom is -0.465 e. The summed E-state index contributed by atoms with van der Waals surface area (Å²) < 4.78 is 45.3. The van der Waals surface area contributed by atoms with E-state index in [9.17, 15) is 22.4 Å². The highest BCUT2D eigenvalue weighted by Crippen LogP contribution is 2.39. The van der Waals surface area contributed by atoms with E-state index in [-0.39, 0.29) is 17.3 Å². The predicted molar refractivity (Wildman–Crippen MR) is 119 cm³/mol. The summed E-state index contributed by atoms with van der Waals surface area (Å²) >= 11 is 1.40. The number of sulfonamides is 1. The Bertz CT molecular complexity index is 1130. The maximum absolute atomic E-state index is 13.2. The summed E-state index contributed by atoms with van der Waals surface area (Å²) in [5.41, 5.74) is 1.37. The Kier molecular flexibility index (Phi) is 6.64. The van der Waals surface area contributed by atoms with E-state index in [4.69, 9.17) is 4.74 Å². The fraction of sp³-hybridized carbons (Fsp3) is 0.455. The van der Waals surface area contributed by atoms with Crippen LogP contribution in [0.5, 0.6) is 0 Å². The lowest BCUT2D eigenvalue weighted by Crippen LogP contribution is -2.43. The van der Waals surface area contributed by atoms with E-state index >= 15 is 0 Å². The van der Waals surface area contributed by atoms with Crippen molar-refractivity contribution in [3.05, 3.63) is 46.1 Å². The number of fused-ring (bicyclic) bond motifs is 1. The number of carbonyl (C=O) groups excluding carboxylic acids is 2. The minimum absolute atomic E-state index is 0.00105. The van der Waals surface area contributed by atoms with Gasteiger partial charge >= 0.3 is 5.97 Å². The molecule has 1 aromatic heterocycles. The lowest BCUT2D eigenvalue weighted by molar-refractivity contribution is -0.120. The molecule has 10 heteroatoms. The Balaban J connectivity index is 1.53. The molecule has 0 bridgehead atoms. The highest BCUT2D eigenvalue weighted by atomic mass is 32.2. The van der Waals surface area contributed by atoms with Gasteiger partial charge in [-0.3, -0.25) is 4.79 Å². The van der Waals surface area contributed by atoms with Crippen molar-refractivity contribution < 1.29 is 27.1 Å². The first kappa shape index (κ1) is 22.9. The number of ether oxygens (including phenoxy) is 1. The van der Waals surface area contributed by atoms with Crippen LogP contribution in [0.4, 0.5) is 9.39 Å². The first-order valence-electron chi connectivity index (χ1n) is 10.6. The molecule has 1 aliphatic heterocycles. The number of esters is 1. The molecule has 0 spiro atoms. The van der Waals surface area contributed by atoms with Crippen LogP contribution >= 0.6 is 11.3 Å². The van der Waals surface area contributed by atoms with Crippen LogP contribution in [-0.2, 0) is 32.4 Å². The number of aryl methyl sites for hydroxylation is 1. The average molecular weight is 481 g/mol. The van der Waals surface area contributed by atoms with Crippen LogP contribution in [-0.4, -0.2) is 44.8 Å². The predicted octanol–water partition coefficient (Wildman–Crippen LogP) is 3.59. The summed E-state index contributed by atoms with van der Waals surface area (Å²) in [7, 11) is -2.51. The van der Waals surface area contributed by atoms with Gasteiger partial charge in [0.2, 0.25) is 15.9 Å². The lowest BCUT2D eigenvalue weighted by Gasteiger charge is -2.31. The van der Waals surface area contributed by atoms with Crippen molar-refractivity contribution in [1.82, 2.24) is 4.31 Å². The van der Waals surface area contributed by atoms with Crippen molar-refractivity contribution in [3.63, 3.8) is 0 Å². The largest absolute Gasteiger partial charge is 0.465 e. The third kappa shape index (κ3) is 4.44. The number of benzene rings is 1. The lowest BCUT2D eigenvalue weighted by atomic mass is 9.95. The van der Waals surface area contributed by atoms with Crippen LogP contribution in [0.25, 0.3) is 0 Å². The Hall–Kier alpha value is -2.30. The molecule has 0 saturated carbocycles. The van der Waals surface area contributed by atoms with Gasteiger partial charge in [-0.25, -0.2) is 17.6 Å². The fourth-order valence-corrected chi connectivity index (χ4v) is 7.12. The molecule has 1 aliphatic carbocycles. The van der Waals surface area contributed by atoms with Crippen molar-refractivity contribution in [2.45, 2.75) is 43.4 Å². The number of anilines is 1. The Morgan fingerprint density at radius 1 is 1.16 bits per heavy atom. The molecule has 2 heterocycles. The number of rotatable bonds is 5. The minimum atomic E-state index is -3.83. The van der Waals surface area contributed by atoms with E-state index in [1.54, 1.807) is 0 Å². The maximum atomic E-state index is 13.2. The van der Waals surface area contributed by atoms with Gasteiger partial charge in [0.05, 0.1) is 23.5 Å². The van der Waals surface area contributed by atoms with E-state index in [0.29, 0.717) is 30.0 Å². The first-order valence-corrected chi connectivity index (χ1v) is 12.9. The number of amides is 1. The molecular formula is C22H25FN2O5S2. The quantitative estimate of drug-likeness (QED) is 0.661. The monoisotopic (exact) mass is 480 g/mol. The van der Waals surface area contributed by atoms with Crippen LogP contribution in [0.3, 0.4) is 0 Å². The molecule has 1 saturated heterocycles. The second-order valence-electron chi connectivity index (χ2n) is 8.05. The van der Waals surface area contributed by atoms with E-state index in [2.05, 4.69) is 5.32 Å². The zero-order chi connectivity index (χ0) is 22.9. The summed E-state index contributed by atoms with van der Waals surface area (Å²) in [6.45, 7) is 0.328. The number of hydrogen-bond acceptors (Lipinski definition) is 6. The average Bonchev–Trinajstić information content (AvgIpc) is 3.16. The molecule has 1 fully saturated rings. The van der Waals surface area contributed by atoms with Crippen molar-refractivity contribution in [2.24, 2.45) is 5.92 Å². The van der Waals surface area contributed by atoms with Gasteiger partial charge < -0.3 is 10.1 Å². The fourth-order valence-electron chi connectivity index (χ4n) is 4.32. The topological polar surface area (TPSA) is 92.8 Å². The van der Waals surface area contributed by atoms with Gasteiger partial charge in [0.15, 0.2) is 0 Å². The van der Waals surface area contributed by atoms with Gasteiger partial charge in [-0.15, -0.1) is 11.3 Å². The molecule has 172 valence electrons. The summed E-state index contributed by atoms with van der Waals surface area (Å²) in [5.74, 6) is -1.85. The molecule has 2 aliphatic rings. The van der Waals surface area contributed by atoms with Gasteiger partial charge in [-0.2, -0.15) is 4.31 Å². The van der Waals surface area contributed by atoms with E-state index < -0.39 is 27.7 Å². The van der Waals surface area contributed by atoms with Crippen molar-refractivity contribution in [2.75, 3.05) is 25.5 Å². The molecule has 1 atom stereocenters. The summed E-state index contributed by atoms with van der Waals surface area (Å²) in [6, 6.07) is 4.67. The molecule has 1 amide bonds. The Labute approximate surface area is 190 Å². The molecule has 7 nitrogen and oxygen atoms in total. The standard InChI is InChI=1S/C22H25FN2O5S2/c1-30-22(27)19-17-6-2-3-7-18(17)31-21(19)24-20(26)14-5-4-12-25(13-14)32(28,29)16-10-8-15(23)9-11-16/h8-11,14H,2-7,12-13H2,1H3,(H,24,26)/t14-/m0/s1. The van der Waals surface area contributed by atoms with E-state index in [0.717, 1.165) is 48.3 Å². The number of halogens is 1. The molecule has 2 aromatic rings. The smallest absolute Gasteiger partial charge is 0.341 e. The number of nitrogens with one attached hydrogen (secondary N) is 1. The zero-order valence-corrected chi connectivity index (χ0v) is 19.4. The number of hydrogen-bond donors (Lipinski definition) is 1. The van der Waals surface area contributed by atoms with Crippen molar-refractivity contribution in [1.29, 1.82) is 0 Å². The van der Waals surface area contributed by atoms with Crippen LogP contribution in [0.2, 0.25) is 0 Å². The van der Waals surface area contributed by atoms with Gasteiger partial charge in [0, 0.05) is 18.0 Å². The number of methoxy groups -OCH3 is 1. The van der Waals surface area contributed by atoms with Gasteiger partial charge in [0.25, 0.3) is 0 Å². The van der Waals surface area contributed by atoms with Crippen molar-refractivity contribution >= 4 is 38.2 Å². The van der Waals surface area contributed by atoms with Gasteiger partial charge in [0.1, 0.15) is 10.8 Å². The first-order chi connectivity index (χ1) is 15.3. The summed E-state index contributed by atoms with van der Waals surface area (Å²) in [4.78, 5) is 26.6. The normalized spacial score (nSPS) is 19.2. The van der Waals surface area contributed by atoms with Crippen LogP contribution in [0, 0.1) is 11.7 Å². The molecule has 1 aromatic carbocycles. The number of carbonyl (C=O) groups is 2. The number of piperidine rings is 1. The number of nitrogens with zero attached hydrogens (tertiary/aromatic N) is 1. The SMILES string of the molecule is COC(=O)c1c(NC(=O)[C@H]2CCCN(S(=O)(=O)c3ccc(F)cc3)C2)sc2c1CCCC2. The second kappa shape index (κ2) is 9.29. The molecular weight excluding hydrogens is 455 g/mol. The van der Waals surface area contributed by atoms with E-state index in [1.165, 1.54) is 34.9 Å². The maximum Gasteiger partial charge on any atom is 0.341 e. The van der Waals surface area contributed by atoms with Crippen molar-refractivity contribution in [3.8, 4) is 0 Å². The Morgan fingerprint density at radius 2 is 1.88 bits per heavy atom. The van der Waals surface area contributed by atoms with Crippen LogP contribution in [0.15, 0.2) is 29.2 Å². The van der Waals surface area contributed by atoms with Crippen LogP contribution < -0.4 is 5.32 Å². The van der Waals surface area contributed by atoms with Gasteiger partial charge in [-0.05, 0) is 68.4 Å². The third-order valence-electron chi connectivity index (χ3n) is 6.00. The third-order valence-corrected chi connectivity index (χ3v) is 9.09. The highest BCUT2D eigenvalue weighted by Gasteiger charge is 2.35. The zero-order valence-electron chi connectivity index (χ0n) is 17.7. The molecule has 0 radical (unpaired) electrons.